The molecule has 1 saturated heterocycles. The normalized spacial score (nSPS) is 28.7. The highest BCUT2D eigenvalue weighted by atomic mass is 32.2. The minimum Gasteiger partial charge on any atom is -0.229 e. The second-order valence-corrected chi connectivity index (χ2v) is 9.16. The molecule has 7 heteroatoms. The van der Waals surface area contributed by atoms with Crippen molar-refractivity contribution in [2.45, 2.75) is 44.7 Å². The molecule has 2 rings (SSSR count). The van der Waals surface area contributed by atoms with Gasteiger partial charge in [0.05, 0.1) is 17.3 Å². The maximum atomic E-state index is 12.1. The predicted octanol–water partition coefficient (Wildman–Crippen LogP) is 0.378. The van der Waals surface area contributed by atoms with Gasteiger partial charge >= 0.3 is 0 Å². The van der Waals surface area contributed by atoms with E-state index in [1.807, 2.05) is 6.92 Å². The Bertz CT molecular complexity index is 478. The van der Waals surface area contributed by atoms with Crippen molar-refractivity contribution in [2.24, 2.45) is 0 Å². The largest absolute Gasteiger partial charge is 0.229 e. The summed E-state index contributed by atoms with van der Waals surface area (Å²) in [6.45, 7) is 1.83. The monoisotopic (exact) mass is 281 g/mol. The van der Waals surface area contributed by atoms with E-state index in [0.717, 1.165) is 12.8 Å². The van der Waals surface area contributed by atoms with Gasteiger partial charge in [-0.05, 0) is 25.7 Å². The standard InChI is InChI=1S/C10H19NO4S2/c1-2-6-17(14,15)11(9-3-4-9)10-5-7-16(12,13)8-10/h9-10H,2-8H2,1H3. The highest BCUT2D eigenvalue weighted by molar-refractivity contribution is 7.92. The first-order valence-electron chi connectivity index (χ1n) is 6.07. The average molecular weight is 281 g/mol. The Morgan fingerprint density at radius 1 is 1.18 bits per heavy atom. The molecule has 1 aliphatic heterocycles. The summed E-state index contributed by atoms with van der Waals surface area (Å²) in [5.41, 5.74) is 0. The van der Waals surface area contributed by atoms with Gasteiger partial charge in [0, 0.05) is 12.1 Å². The molecule has 0 amide bonds. The highest BCUT2D eigenvalue weighted by Gasteiger charge is 2.45. The zero-order chi connectivity index (χ0) is 12.7. The molecule has 2 fully saturated rings. The van der Waals surface area contributed by atoms with Crippen LogP contribution < -0.4 is 0 Å². The van der Waals surface area contributed by atoms with Crippen LogP contribution in [-0.4, -0.2) is 50.5 Å². The Labute approximate surface area is 103 Å². The van der Waals surface area contributed by atoms with Crippen molar-refractivity contribution < 1.29 is 16.8 Å². The quantitative estimate of drug-likeness (QED) is 0.730. The van der Waals surface area contributed by atoms with Crippen molar-refractivity contribution in [3.8, 4) is 0 Å². The number of hydrogen-bond acceptors (Lipinski definition) is 4. The molecule has 1 aliphatic carbocycles. The SMILES string of the molecule is CCCS(=O)(=O)N(C1CC1)C1CCS(=O)(=O)C1. The van der Waals surface area contributed by atoms with Crippen molar-refractivity contribution in [1.82, 2.24) is 4.31 Å². The Morgan fingerprint density at radius 3 is 2.24 bits per heavy atom. The molecule has 0 aromatic rings. The summed E-state index contributed by atoms with van der Waals surface area (Å²) in [5.74, 6) is 0.259. The van der Waals surface area contributed by atoms with Crippen molar-refractivity contribution in [3.63, 3.8) is 0 Å². The minimum atomic E-state index is -3.27. The summed E-state index contributed by atoms with van der Waals surface area (Å²) in [4.78, 5) is 0. The Hall–Kier alpha value is -0.140. The molecule has 0 N–H and O–H groups in total. The molecule has 5 nitrogen and oxygen atoms in total. The second-order valence-electron chi connectivity index (χ2n) is 4.93. The van der Waals surface area contributed by atoms with E-state index in [4.69, 9.17) is 0 Å². The fourth-order valence-electron chi connectivity index (χ4n) is 2.42. The van der Waals surface area contributed by atoms with E-state index in [2.05, 4.69) is 0 Å². The van der Waals surface area contributed by atoms with Crippen LogP contribution in [0.4, 0.5) is 0 Å². The summed E-state index contributed by atoms with van der Waals surface area (Å²) >= 11 is 0. The van der Waals surface area contributed by atoms with Gasteiger partial charge in [-0.2, -0.15) is 4.31 Å². The lowest BCUT2D eigenvalue weighted by molar-refractivity contribution is 0.332. The lowest BCUT2D eigenvalue weighted by Gasteiger charge is -2.27. The lowest BCUT2D eigenvalue weighted by atomic mass is 10.2. The zero-order valence-electron chi connectivity index (χ0n) is 10.0. The fraction of sp³-hybridized carbons (Fsp3) is 1.00. The van der Waals surface area contributed by atoms with Crippen LogP contribution in [0.15, 0.2) is 0 Å². The maximum Gasteiger partial charge on any atom is 0.214 e. The third-order valence-electron chi connectivity index (χ3n) is 3.26. The van der Waals surface area contributed by atoms with Gasteiger partial charge in [0.1, 0.15) is 0 Å². The molecule has 0 aromatic carbocycles. The number of sulfonamides is 1. The van der Waals surface area contributed by atoms with Crippen LogP contribution in [0.2, 0.25) is 0 Å². The van der Waals surface area contributed by atoms with Crippen molar-refractivity contribution in [3.05, 3.63) is 0 Å². The van der Waals surface area contributed by atoms with E-state index in [0.29, 0.717) is 12.8 Å². The molecule has 17 heavy (non-hydrogen) atoms. The second kappa shape index (κ2) is 4.51. The van der Waals surface area contributed by atoms with Gasteiger partial charge in [0.15, 0.2) is 9.84 Å². The summed E-state index contributed by atoms with van der Waals surface area (Å²) in [6.07, 6.45) is 2.78. The summed E-state index contributed by atoms with van der Waals surface area (Å²) < 4.78 is 48.7. The van der Waals surface area contributed by atoms with E-state index >= 15 is 0 Å². The van der Waals surface area contributed by atoms with Gasteiger partial charge in [-0.25, -0.2) is 16.8 Å². The van der Waals surface area contributed by atoms with Crippen LogP contribution >= 0.6 is 0 Å². The van der Waals surface area contributed by atoms with Gasteiger partial charge in [-0.3, -0.25) is 0 Å². The molecule has 0 radical (unpaired) electrons. The third-order valence-corrected chi connectivity index (χ3v) is 7.17. The summed E-state index contributed by atoms with van der Waals surface area (Å²) in [5, 5.41) is 0. The molecule has 1 atom stereocenters. The Kier molecular flexibility index (Phi) is 3.53. The van der Waals surface area contributed by atoms with Gasteiger partial charge < -0.3 is 0 Å². The van der Waals surface area contributed by atoms with Gasteiger partial charge in [-0.1, -0.05) is 6.92 Å². The first-order valence-corrected chi connectivity index (χ1v) is 9.50. The van der Waals surface area contributed by atoms with Crippen LogP contribution in [0.25, 0.3) is 0 Å². The van der Waals surface area contributed by atoms with Crippen LogP contribution in [0.3, 0.4) is 0 Å². The van der Waals surface area contributed by atoms with Gasteiger partial charge in [-0.15, -0.1) is 0 Å². The van der Waals surface area contributed by atoms with E-state index < -0.39 is 19.9 Å². The average Bonchev–Trinajstić information content (AvgIpc) is 2.91. The first kappa shape index (κ1) is 13.3. The lowest BCUT2D eigenvalue weighted by Crippen LogP contribution is -2.43. The Balaban J connectivity index is 2.19. The van der Waals surface area contributed by atoms with Crippen molar-refractivity contribution >= 4 is 19.9 Å². The van der Waals surface area contributed by atoms with Crippen LogP contribution in [0.5, 0.6) is 0 Å². The molecule has 0 aromatic heterocycles. The van der Waals surface area contributed by atoms with E-state index in [9.17, 15) is 16.8 Å². The predicted molar refractivity (Wildman–Crippen MR) is 66.0 cm³/mol. The van der Waals surface area contributed by atoms with E-state index in [1.165, 1.54) is 4.31 Å². The molecule has 1 saturated carbocycles. The molecular weight excluding hydrogens is 262 g/mol. The Morgan fingerprint density at radius 2 is 1.82 bits per heavy atom. The van der Waals surface area contributed by atoms with Crippen LogP contribution in [-0.2, 0) is 19.9 Å². The van der Waals surface area contributed by atoms with Gasteiger partial charge in [0.25, 0.3) is 0 Å². The molecule has 0 bridgehead atoms. The topological polar surface area (TPSA) is 71.5 Å². The molecule has 100 valence electrons. The molecule has 2 aliphatic rings. The van der Waals surface area contributed by atoms with Crippen LogP contribution in [0, 0.1) is 0 Å². The van der Waals surface area contributed by atoms with Gasteiger partial charge in [0.2, 0.25) is 10.0 Å². The number of nitrogens with zero attached hydrogens (tertiary/aromatic N) is 1. The fourth-order valence-corrected chi connectivity index (χ4v) is 6.25. The molecule has 1 heterocycles. The summed E-state index contributed by atoms with van der Waals surface area (Å²) in [7, 11) is -6.30. The maximum absolute atomic E-state index is 12.1. The number of hydrogen-bond donors (Lipinski definition) is 0. The third kappa shape index (κ3) is 3.00. The van der Waals surface area contributed by atoms with Crippen molar-refractivity contribution in [2.75, 3.05) is 17.3 Å². The number of sulfone groups is 1. The molecule has 0 spiro atoms. The van der Waals surface area contributed by atoms with E-state index in [-0.39, 0.29) is 29.3 Å². The van der Waals surface area contributed by atoms with Crippen molar-refractivity contribution in [1.29, 1.82) is 0 Å². The number of rotatable bonds is 5. The minimum absolute atomic E-state index is 0.00639. The molecular formula is C10H19NO4S2. The van der Waals surface area contributed by atoms with E-state index in [1.54, 1.807) is 0 Å². The van der Waals surface area contributed by atoms with Crippen LogP contribution in [0.1, 0.15) is 32.6 Å². The molecule has 1 unspecified atom stereocenters. The summed E-state index contributed by atoms with van der Waals surface area (Å²) in [6, 6.07) is -0.256. The highest BCUT2D eigenvalue weighted by Crippen LogP contribution is 2.34. The first-order chi connectivity index (χ1) is 7.86. The zero-order valence-corrected chi connectivity index (χ0v) is 11.6. The smallest absolute Gasteiger partial charge is 0.214 e.